The smallest absolute Gasteiger partial charge is 0.289 e. The summed E-state index contributed by atoms with van der Waals surface area (Å²) < 4.78 is 6.48. The molecule has 0 atom stereocenters. The Hall–Kier alpha value is -2.64. The first-order valence-electron chi connectivity index (χ1n) is 7.48. The Kier molecular flexibility index (Phi) is 5.39. The molecule has 3 rings (SSSR count). The summed E-state index contributed by atoms with van der Waals surface area (Å²) >= 11 is 9.16. The molecule has 0 bridgehead atoms. The largest absolute Gasteiger partial charge is 0.484 e. The number of halogens is 2. The molecule has 8 heteroatoms. The van der Waals surface area contributed by atoms with Crippen molar-refractivity contribution < 1.29 is 14.5 Å². The summed E-state index contributed by atoms with van der Waals surface area (Å²) in [7, 11) is 0. The molecule has 0 radical (unpaired) electrons. The second-order valence-electron chi connectivity index (χ2n) is 5.41. The number of nitro benzene ring substituents is 1. The van der Waals surface area contributed by atoms with Crippen molar-refractivity contribution in [1.82, 2.24) is 0 Å². The van der Waals surface area contributed by atoms with Gasteiger partial charge in [-0.05, 0) is 47.2 Å². The van der Waals surface area contributed by atoms with E-state index in [1.54, 1.807) is 6.07 Å². The molecule has 0 heterocycles. The molecule has 0 aliphatic rings. The number of nitrogens with one attached hydrogen (secondary N) is 1. The maximum Gasteiger partial charge on any atom is 0.289 e. The van der Waals surface area contributed by atoms with Crippen molar-refractivity contribution in [3.63, 3.8) is 0 Å². The molecule has 0 saturated carbocycles. The monoisotopic (exact) mass is 434 g/mol. The number of nitro groups is 1. The second-order valence-corrected chi connectivity index (χ2v) is 6.74. The number of rotatable bonds is 5. The summed E-state index contributed by atoms with van der Waals surface area (Å²) in [6, 6.07) is 15.4. The van der Waals surface area contributed by atoms with Gasteiger partial charge in [0.2, 0.25) is 0 Å². The van der Waals surface area contributed by atoms with Crippen LogP contribution in [0.3, 0.4) is 0 Å². The Morgan fingerprint density at radius 1 is 1.12 bits per heavy atom. The fourth-order valence-corrected chi connectivity index (χ4v) is 2.93. The molecule has 0 fully saturated rings. The number of ether oxygens (including phenoxy) is 1. The van der Waals surface area contributed by atoms with Crippen LogP contribution in [0, 0.1) is 10.1 Å². The first-order valence-corrected chi connectivity index (χ1v) is 8.65. The number of nitrogens with zero attached hydrogens (tertiary/aromatic N) is 1. The fraction of sp³-hybridized carbons (Fsp3) is 0.0556. The van der Waals surface area contributed by atoms with E-state index in [9.17, 15) is 14.9 Å². The minimum atomic E-state index is -0.609. The summed E-state index contributed by atoms with van der Waals surface area (Å²) in [6.07, 6.45) is 0. The molecule has 0 saturated heterocycles. The van der Waals surface area contributed by atoms with Crippen LogP contribution in [0.15, 0.2) is 59.1 Å². The van der Waals surface area contributed by atoms with Gasteiger partial charge in [0.15, 0.2) is 6.61 Å². The van der Waals surface area contributed by atoms with Gasteiger partial charge in [0.05, 0.1) is 4.92 Å². The van der Waals surface area contributed by atoms with E-state index in [1.165, 1.54) is 18.2 Å². The third-order valence-corrected chi connectivity index (χ3v) is 4.38. The predicted molar refractivity (Wildman–Crippen MR) is 104 cm³/mol. The third-order valence-electron chi connectivity index (χ3n) is 3.57. The molecular formula is C18H12BrClN2O4. The Bertz CT molecular complexity index is 1010. The zero-order chi connectivity index (χ0) is 18.7. The summed E-state index contributed by atoms with van der Waals surface area (Å²) in [5.41, 5.74) is 0.00383. The lowest BCUT2D eigenvalue weighted by molar-refractivity contribution is -0.384. The van der Waals surface area contributed by atoms with Crippen LogP contribution in [-0.2, 0) is 4.79 Å². The Morgan fingerprint density at radius 2 is 1.85 bits per heavy atom. The Balaban J connectivity index is 1.65. The fourth-order valence-electron chi connectivity index (χ4n) is 2.36. The average Bonchev–Trinajstić information content (AvgIpc) is 2.61. The number of carbonyl (C=O) groups excluding carboxylic acids is 1. The summed E-state index contributed by atoms with van der Waals surface area (Å²) in [6.45, 7) is -0.224. The van der Waals surface area contributed by atoms with Crippen molar-refractivity contribution >= 4 is 55.6 Å². The van der Waals surface area contributed by atoms with Gasteiger partial charge in [-0.15, -0.1) is 0 Å². The maximum absolute atomic E-state index is 12.0. The maximum atomic E-state index is 12.0. The number of carbonyl (C=O) groups is 1. The number of hydrogen-bond donors (Lipinski definition) is 1. The zero-order valence-corrected chi connectivity index (χ0v) is 15.6. The number of benzene rings is 3. The van der Waals surface area contributed by atoms with Crippen LogP contribution in [0.1, 0.15) is 0 Å². The topological polar surface area (TPSA) is 81.5 Å². The van der Waals surface area contributed by atoms with E-state index < -0.39 is 10.8 Å². The van der Waals surface area contributed by atoms with Gasteiger partial charge in [-0.1, -0.05) is 39.7 Å². The first-order chi connectivity index (χ1) is 12.4. The van der Waals surface area contributed by atoms with Crippen LogP contribution in [0.2, 0.25) is 5.02 Å². The van der Waals surface area contributed by atoms with E-state index >= 15 is 0 Å². The van der Waals surface area contributed by atoms with Crippen LogP contribution >= 0.6 is 27.5 Å². The quantitative estimate of drug-likeness (QED) is 0.442. The molecule has 0 aromatic heterocycles. The standard InChI is InChI=1S/C18H12BrClN2O4/c19-13-3-1-12-8-15(5-2-11(12)7-13)26-10-18(23)21-14-4-6-16(20)17(9-14)22(24)25/h1-9H,10H2,(H,21,23). The zero-order valence-electron chi connectivity index (χ0n) is 13.2. The van der Waals surface area contributed by atoms with E-state index in [1.807, 2.05) is 30.3 Å². The molecule has 3 aromatic carbocycles. The highest BCUT2D eigenvalue weighted by atomic mass is 79.9. The third kappa shape index (κ3) is 4.30. The average molecular weight is 436 g/mol. The van der Waals surface area contributed by atoms with Gasteiger partial charge in [0, 0.05) is 16.2 Å². The molecule has 6 nitrogen and oxygen atoms in total. The van der Waals surface area contributed by atoms with Crippen molar-refractivity contribution in [3.8, 4) is 5.75 Å². The summed E-state index contributed by atoms with van der Waals surface area (Å²) in [5, 5.41) is 15.5. The second kappa shape index (κ2) is 7.72. The summed E-state index contributed by atoms with van der Waals surface area (Å²) in [4.78, 5) is 22.3. The minimum Gasteiger partial charge on any atom is -0.484 e. The van der Waals surface area contributed by atoms with Gasteiger partial charge >= 0.3 is 0 Å². The molecule has 1 amide bonds. The molecule has 3 aromatic rings. The SMILES string of the molecule is O=C(COc1ccc2cc(Br)ccc2c1)Nc1ccc(Cl)c([N+](=O)[O-])c1. The molecular weight excluding hydrogens is 424 g/mol. The van der Waals surface area contributed by atoms with Gasteiger partial charge in [0.1, 0.15) is 10.8 Å². The van der Waals surface area contributed by atoms with Gasteiger partial charge in [-0.2, -0.15) is 0 Å². The van der Waals surface area contributed by atoms with Crippen molar-refractivity contribution in [2.75, 3.05) is 11.9 Å². The number of hydrogen-bond acceptors (Lipinski definition) is 4. The highest BCUT2D eigenvalue weighted by Gasteiger charge is 2.14. The number of amides is 1. The molecule has 1 N–H and O–H groups in total. The van der Waals surface area contributed by atoms with Gasteiger partial charge in [0.25, 0.3) is 11.6 Å². The van der Waals surface area contributed by atoms with Crippen LogP contribution in [0.25, 0.3) is 10.8 Å². The van der Waals surface area contributed by atoms with E-state index in [4.69, 9.17) is 16.3 Å². The number of anilines is 1. The highest BCUT2D eigenvalue weighted by Crippen LogP contribution is 2.27. The Morgan fingerprint density at radius 3 is 2.62 bits per heavy atom. The lowest BCUT2D eigenvalue weighted by Crippen LogP contribution is -2.20. The lowest BCUT2D eigenvalue weighted by Gasteiger charge is -2.09. The van der Waals surface area contributed by atoms with E-state index in [2.05, 4.69) is 21.2 Å². The first kappa shape index (κ1) is 18.2. The van der Waals surface area contributed by atoms with Crippen LogP contribution in [0.4, 0.5) is 11.4 Å². The van der Waals surface area contributed by atoms with E-state index in [0.29, 0.717) is 5.75 Å². The molecule has 0 aliphatic heterocycles. The summed E-state index contributed by atoms with van der Waals surface area (Å²) in [5.74, 6) is 0.120. The van der Waals surface area contributed by atoms with Gasteiger partial charge in [-0.3, -0.25) is 14.9 Å². The molecule has 132 valence electrons. The van der Waals surface area contributed by atoms with E-state index in [0.717, 1.165) is 15.2 Å². The van der Waals surface area contributed by atoms with Gasteiger partial charge < -0.3 is 10.1 Å². The Labute approximate surface area is 162 Å². The van der Waals surface area contributed by atoms with Crippen molar-refractivity contribution in [1.29, 1.82) is 0 Å². The van der Waals surface area contributed by atoms with Crippen molar-refractivity contribution in [2.45, 2.75) is 0 Å². The van der Waals surface area contributed by atoms with Gasteiger partial charge in [-0.25, -0.2) is 0 Å². The highest BCUT2D eigenvalue weighted by molar-refractivity contribution is 9.10. The molecule has 0 spiro atoms. The van der Waals surface area contributed by atoms with Crippen LogP contribution in [-0.4, -0.2) is 17.4 Å². The molecule has 26 heavy (non-hydrogen) atoms. The number of fused-ring (bicyclic) bond motifs is 1. The molecule has 0 unspecified atom stereocenters. The van der Waals surface area contributed by atoms with Crippen LogP contribution in [0.5, 0.6) is 5.75 Å². The van der Waals surface area contributed by atoms with E-state index in [-0.39, 0.29) is 23.0 Å². The van der Waals surface area contributed by atoms with Crippen molar-refractivity contribution in [3.05, 3.63) is 74.2 Å². The minimum absolute atomic E-state index is 0.00653. The van der Waals surface area contributed by atoms with Crippen molar-refractivity contribution in [2.24, 2.45) is 0 Å². The predicted octanol–water partition coefficient (Wildman–Crippen LogP) is 5.18. The molecule has 0 aliphatic carbocycles. The lowest BCUT2D eigenvalue weighted by atomic mass is 10.1. The normalized spacial score (nSPS) is 10.5. The van der Waals surface area contributed by atoms with Crippen LogP contribution < -0.4 is 10.1 Å².